The SMILES string of the molecule is O=C(O)c1ccc(CCNc2ccc([N+](=O)[O-])nc2)cc1. The van der Waals surface area contributed by atoms with E-state index < -0.39 is 10.9 Å². The number of carbonyl (C=O) groups is 1. The average molecular weight is 287 g/mol. The van der Waals surface area contributed by atoms with Gasteiger partial charge in [0.1, 0.15) is 0 Å². The average Bonchev–Trinajstić information content (AvgIpc) is 2.48. The Morgan fingerprint density at radius 3 is 2.48 bits per heavy atom. The maximum absolute atomic E-state index is 10.7. The van der Waals surface area contributed by atoms with Crippen molar-refractivity contribution in [3.63, 3.8) is 0 Å². The first-order valence-electron chi connectivity index (χ1n) is 6.23. The summed E-state index contributed by atoms with van der Waals surface area (Å²) in [6.07, 6.45) is 2.11. The lowest BCUT2D eigenvalue weighted by molar-refractivity contribution is -0.389. The third-order valence-electron chi connectivity index (χ3n) is 2.88. The van der Waals surface area contributed by atoms with Crippen molar-refractivity contribution in [1.29, 1.82) is 0 Å². The Labute approximate surface area is 120 Å². The van der Waals surface area contributed by atoms with E-state index in [0.717, 1.165) is 5.56 Å². The monoisotopic (exact) mass is 287 g/mol. The first-order chi connectivity index (χ1) is 10.1. The second-order valence-electron chi connectivity index (χ2n) is 4.34. The van der Waals surface area contributed by atoms with Crippen molar-refractivity contribution < 1.29 is 14.8 Å². The number of benzene rings is 1. The largest absolute Gasteiger partial charge is 0.478 e. The molecule has 0 amide bonds. The number of aromatic nitrogens is 1. The van der Waals surface area contributed by atoms with Crippen LogP contribution in [-0.4, -0.2) is 27.5 Å². The van der Waals surface area contributed by atoms with E-state index in [9.17, 15) is 14.9 Å². The van der Waals surface area contributed by atoms with Gasteiger partial charge in [0.15, 0.2) is 6.20 Å². The summed E-state index contributed by atoms with van der Waals surface area (Å²) in [5.41, 5.74) is 1.96. The molecule has 0 saturated carbocycles. The van der Waals surface area contributed by atoms with Crippen molar-refractivity contribution in [1.82, 2.24) is 4.98 Å². The number of rotatable bonds is 6. The Balaban J connectivity index is 1.86. The molecule has 0 fully saturated rings. The van der Waals surface area contributed by atoms with Gasteiger partial charge in [0.2, 0.25) is 0 Å². The van der Waals surface area contributed by atoms with Crippen molar-refractivity contribution in [2.45, 2.75) is 6.42 Å². The molecule has 1 heterocycles. The molecule has 0 spiro atoms. The highest BCUT2D eigenvalue weighted by atomic mass is 16.6. The maximum Gasteiger partial charge on any atom is 0.363 e. The predicted molar refractivity (Wildman–Crippen MR) is 76.5 cm³/mol. The molecule has 7 nitrogen and oxygen atoms in total. The van der Waals surface area contributed by atoms with Crippen LogP contribution >= 0.6 is 0 Å². The van der Waals surface area contributed by atoms with Crippen LogP contribution < -0.4 is 5.32 Å². The summed E-state index contributed by atoms with van der Waals surface area (Å²) >= 11 is 0. The van der Waals surface area contributed by atoms with Gasteiger partial charge in [-0.15, -0.1) is 0 Å². The molecule has 0 atom stereocenters. The lowest BCUT2D eigenvalue weighted by Crippen LogP contribution is -2.05. The fraction of sp³-hybridized carbons (Fsp3) is 0.143. The molecule has 0 radical (unpaired) electrons. The normalized spacial score (nSPS) is 10.1. The van der Waals surface area contributed by atoms with Gasteiger partial charge in [-0.3, -0.25) is 0 Å². The van der Waals surface area contributed by atoms with E-state index in [4.69, 9.17) is 5.11 Å². The summed E-state index contributed by atoms with van der Waals surface area (Å²) in [7, 11) is 0. The van der Waals surface area contributed by atoms with Crippen LogP contribution in [-0.2, 0) is 6.42 Å². The van der Waals surface area contributed by atoms with E-state index in [-0.39, 0.29) is 11.4 Å². The van der Waals surface area contributed by atoms with Crippen LogP contribution in [0.2, 0.25) is 0 Å². The molecule has 2 N–H and O–H groups in total. The van der Waals surface area contributed by atoms with E-state index in [2.05, 4.69) is 10.3 Å². The topological polar surface area (TPSA) is 105 Å². The van der Waals surface area contributed by atoms with E-state index in [1.54, 1.807) is 30.3 Å². The van der Waals surface area contributed by atoms with Gasteiger partial charge in [0.25, 0.3) is 0 Å². The molecular formula is C14H13N3O4. The predicted octanol–water partition coefficient (Wildman–Crippen LogP) is 2.34. The fourth-order valence-corrected chi connectivity index (χ4v) is 1.76. The van der Waals surface area contributed by atoms with Crippen LogP contribution in [0.15, 0.2) is 42.6 Å². The van der Waals surface area contributed by atoms with E-state index in [1.165, 1.54) is 12.3 Å². The molecule has 0 aliphatic rings. The van der Waals surface area contributed by atoms with Crippen molar-refractivity contribution in [2.24, 2.45) is 0 Å². The molecule has 1 aromatic carbocycles. The summed E-state index contributed by atoms with van der Waals surface area (Å²) in [5, 5.41) is 22.4. The van der Waals surface area contributed by atoms with Crippen molar-refractivity contribution in [3.05, 3.63) is 63.8 Å². The van der Waals surface area contributed by atoms with Crippen LogP contribution in [0.3, 0.4) is 0 Å². The standard InChI is InChI=1S/C14H13N3O4/c18-14(19)11-3-1-10(2-4-11)7-8-15-12-5-6-13(16-9-12)17(20)21/h1-6,9,15H,7-8H2,(H,18,19). The Morgan fingerprint density at radius 2 is 1.95 bits per heavy atom. The molecule has 1 aromatic heterocycles. The highest BCUT2D eigenvalue weighted by molar-refractivity contribution is 5.87. The zero-order chi connectivity index (χ0) is 15.2. The van der Waals surface area contributed by atoms with Crippen LogP contribution in [0, 0.1) is 10.1 Å². The lowest BCUT2D eigenvalue weighted by atomic mass is 10.1. The first-order valence-corrected chi connectivity index (χ1v) is 6.23. The number of pyridine rings is 1. The minimum absolute atomic E-state index is 0.190. The molecule has 0 aliphatic carbocycles. The molecule has 0 bridgehead atoms. The van der Waals surface area contributed by atoms with E-state index in [0.29, 0.717) is 18.7 Å². The van der Waals surface area contributed by atoms with Crippen LogP contribution in [0.4, 0.5) is 11.5 Å². The van der Waals surface area contributed by atoms with Crippen molar-refractivity contribution in [3.8, 4) is 0 Å². The number of hydrogen-bond donors (Lipinski definition) is 2. The van der Waals surface area contributed by atoms with Gasteiger partial charge < -0.3 is 20.5 Å². The molecule has 0 saturated heterocycles. The molecule has 0 unspecified atom stereocenters. The third-order valence-corrected chi connectivity index (χ3v) is 2.88. The molecule has 21 heavy (non-hydrogen) atoms. The summed E-state index contributed by atoms with van der Waals surface area (Å²) in [6, 6.07) is 9.58. The highest BCUT2D eigenvalue weighted by Crippen LogP contribution is 2.12. The lowest BCUT2D eigenvalue weighted by Gasteiger charge is -2.05. The second kappa shape index (κ2) is 6.47. The minimum Gasteiger partial charge on any atom is -0.478 e. The number of anilines is 1. The smallest absolute Gasteiger partial charge is 0.363 e. The number of aromatic carboxylic acids is 1. The summed E-state index contributed by atoms with van der Waals surface area (Å²) in [6.45, 7) is 0.617. The minimum atomic E-state index is -0.948. The highest BCUT2D eigenvalue weighted by Gasteiger charge is 2.06. The second-order valence-corrected chi connectivity index (χ2v) is 4.34. The third kappa shape index (κ3) is 4.00. The summed E-state index contributed by atoms with van der Waals surface area (Å²) in [4.78, 5) is 24.3. The van der Waals surface area contributed by atoms with Gasteiger partial charge in [-0.2, -0.15) is 0 Å². The molecule has 0 aliphatic heterocycles. The van der Waals surface area contributed by atoms with E-state index >= 15 is 0 Å². The number of carboxylic acids is 1. The van der Waals surface area contributed by atoms with Crippen molar-refractivity contribution >= 4 is 17.5 Å². The molecular weight excluding hydrogens is 274 g/mol. The van der Waals surface area contributed by atoms with Crippen molar-refractivity contribution in [2.75, 3.05) is 11.9 Å². The van der Waals surface area contributed by atoms with Crippen LogP contribution in [0.25, 0.3) is 0 Å². The number of carboxylic acid groups (broad SMARTS) is 1. The van der Waals surface area contributed by atoms with Gasteiger partial charge in [0, 0.05) is 12.6 Å². The van der Waals surface area contributed by atoms with Gasteiger partial charge in [-0.25, -0.2) is 4.79 Å². The fourth-order valence-electron chi connectivity index (χ4n) is 1.76. The zero-order valence-electron chi connectivity index (χ0n) is 11.0. The van der Waals surface area contributed by atoms with Crippen LogP contribution in [0.1, 0.15) is 15.9 Å². The molecule has 2 aromatic rings. The zero-order valence-corrected chi connectivity index (χ0v) is 11.0. The Morgan fingerprint density at radius 1 is 1.24 bits per heavy atom. The summed E-state index contributed by atoms with van der Waals surface area (Å²) in [5.74, 6) is -1.14. The Bertz CT molecular complexity index is 581. The van der Waals surface area contributed by atoms with Gasteiger partial charge in [0.05, 0.1) is 11.3 Å². The van der Waals surface area contributed by atoms with Gasteiger partial charge in [-0.1, -0.05) is 12.1 Å². The maximum atomic E-state index is 10.7. The number of hydrogen-bond acceptors (Lipinski definition) is 5. The molecule has 7 heteroatoms. The Kier molecular flexibility index (Phi) is 4.45. The van der Waals surface area contributed by atoms with Gasteiger partial charge in [-0.05, 0) is 40.1 Å². The van der Waals surface area contributed by atoms with E-state index in [1.807, 2.05) is 0 Å². The molecule has 108 valence electrons. The number of nitrogens with one attached hydrogen (secondary N) is 1. The Hall–Kier alpha value is -2.96. The van der Waals surface area contributed by atoms with Crippen LogP contribution in [0.5, 0.6) is 0 Å². The first kappa shape index (κ1) is 14.4. The number of nitrogens with zero attached hydrogens (tertiary/aromatic N) is 2. The molecule has 2 rings (SSSR count). The number of nitro groups is 1. The van der Waals surface area contributed by atoms with Gasteiger partial charge >= 0.3 is 11.8 Å². The summed E-state index contributed by atoms with van der Waals surface area (Å²) < 4.78 is 0. The quantitative estimate of drug-likeness (QED) is 0.624.